The second-order valence-electron chi connectivity index (χ2n) is 3.05. The van der Waals surface area contributed by atoms with Gasteiger partial charge in [-0.1, -0.05) is 0 Å². The topological polar surface area (TPSA) is 37.9 Å². The van der Waals surface area contributed by atoms with E-state index in [0.717, 1.165) is 11.6 Å². The number of rotatable bonds is 2. The van der Waals surface area contributed by atoms with Crippen LogP contribution >= 0.6 is 0 Å². The molecule has 1 aromatic rings. The molecule has 0 bridgehead atoms. The summed E-state index contributed by atoms with van der Waals surface area (Å²) in [5.74, 6) is 1.49. The van der Waals surface area contributed by atoms with E-state index in [1.165, 1.54) is 18.4 Å². The van der Waals surface area contributed by atoms with Gasteiger partial charge >= 0.3 is 0 Å². The zero-order valence-electron chi connectivity index (χ0n) is 6.85. The monoisotopic (exact) mass is 152 g/mol. The van der Waals surface area contributed by atoms with Gasteiger partial charge in [0.15, 0.2) is 0 Å². The van der Waals surface area contributed by atoms with E-state index >= 15 is 0 Å². The molecule has 0 radical (unpaired) electrons. The molecule has 0 aliphatic heterocycles. The lowest BCUT2D eigenvalue weighted by molar-refractivity contribution is 0.392. The Hall–Kier alpha value is -0.990. The van der Waals surface area contributed by atoms with Crippen molar-refractivity contribution in [1.29, 1.82) is 0 Å². The van der Waals surface area contributed by atoms with Crippen LogP contribution in [0.25, 0.3) is 0 Å². The molecule has 1 aromatic heterocycles. The summed E-state index contributed by atoms with van der Waals surface area (Å²) in [7, 11) is 1.67. The van der Waals surface area contributed by atoms with E-state index < -0.39 is 0 Å². The van der Waals surface area contributed by atoms with Crippen LogP contribution in [0.5, 0.6) is 5.88 Å². The Labute approximate surface area is 65.8 Å². The maximum absolute atomic E-state index is 5.13. The average Bonchev–Trinajstić information content (AvgIpc) is 2.76. The third kappa shape index (κ3) is 1.00. The first-order chi connectivity index (χ1) is 5.33. The SMILES string of the molecule is COc1n[nH]c(C)c1C1CC1. The molecule has 1 fully saturated rings. The third-order valence-corrected chi connectivity index (χ3v) is 2.14. The van der Waals surface area contributed by atoms with Gasteiger partial charge < -0.3 is 4.74 Å². The number of ether oxygens (including phenoxy) is 1. The first-order valence-corrected chi connectivity index (χ1v) is 3.91. The van der Waals surface area contributed by atoms with E-state index in [9.17, 15) is 0 Å². The Morgan fingerprint density at radius 1 is 1.55 bits per heavy atom. The standard InChI is InChI=1S/C8H12N2O/c1-5-7(6-3-4-6)8(11-2)10-9-5/h6H,3-4H2,1-2H3,(H,9,10). The minimum absolute atomic E-state index is 0.712. The van der Waals surface area contributed by atoms with Gasteiger partial charge in [0.25, 0.3) is 0 Å². The molecule has 11 heavy (non-hydrogen) atoms. The molecule has 0 unspecified atom stereocenters. The number of nitrogens with zero attached hydrogens (tertiary/aromatic N) is 1. The maximum atomic E-state index is 5.13. The van der Waals surface area contributed by atoms with Crippen molar-refractivity contribution in [2.75, 3.05) is 7.11 Å². The fourth-order valence-corrected chi connectivity index (χ4v) is 1.42. The summed E-state index contributed by atoms with van der Waals surface area (Å²) in [6, 6.07) is 0. The number of methoxy groups -OCH3 is 1. The van der Waals surface area contributed by atoms with Gasteiger partial charge in [-0.25, -0.2) is 0 Å². The van der Waals surface area contributed by atoms with Crippen LogP contribution < -0.4 is 4.74 Å². The molecule has 2 rings (SSSR count). The minimum Gasteiger partial charge on any atom is -0.480 e. The highest BCUT2D eigenvalue weighted by atomic mass is 16.5. The smallest absolute Gasteiger partial charge is 0.236 e. The van der Waals surface area contributed by atoms with E-state index in [1.54, 1.807) is 7.11 Å². The van der Waals surface area contributed by atoms with Crippen LogP contribution in [0.4, 0.5) is 0 Å². The van der Waals surface area contributed by atoms with Crippen molar-refractivity contribution >= 4 is 0 Å². The largest absolute Gasteiger partial charge is 0.480 e. The summed E-state index contributed by atoms with van der Waals surface area (Å²) < 4.78 is 5.13. The summed E-state index contributed by atoms with van der Waals surface area (Å²) in [6.07, 6.45) is 2.58. The van der Waals surface area contributed by atoms with Crippen LogP contribution in [0.15, 0.2) is 0 Å². The van der Waals surface area contributed by atoms with Crippen molar-refractivity contribution in [3.63, 3.8) is 0 Å². The van der Waals surface area contributed by atoms with Gasteiger partial charge in [0.2, 0.25) is 5.88 Å². The Morgan fingerprint density at radius 2 is 2.27 bits per heavy atom. The lowest BCUT2D eigenvalue weighted by atomic mass is 10.2. The Kier molecular flexibility index (Phi) is 1.37. The summed E-state index contributed by atoms with van der Waals surface area (Å²) in [6.45, 7) is 2.04. The number of aromatic amines is 1. The number of hydrogen-bond acceptors (Lipinski definition) is 2. The Morgan fingerprint density at radius 3 is 2.82 bits per heavy atom. The molecule has 3 nitrogen and oxygen atoms in total. The van der Waals surface area contributed by atoms with Crippen molar-refractivity contribution in [2.24, 2.45) is 0 Å². The number of nitrogens with one attached hydrogen (secondary N) is 1. The van der Waals surface area contributed by atoms with Gasteiger partial charge in [0.05, 0.1) is 7.11 Å². The highest BCUT2D eigenvalue weighted by molar-refractivity contribution is 5.36. The van der Waals surface area contributed by atoms with Crippen LogP contribution in [-0.2, 0) is 0 Å². The summed E-state index contributed by atoms with van der Waals surface area (Å²) >= 11 is 0. The molecule has 0 aromatic carbocycles. The normalized spacial score (nSPS) is 16.9. The van der Waals surface area contributed by atoms with Gasteiger partial charge in [0.1, 0.15) is 0 Å². The highest BCUT2D eigenvalue weighted by Gasteiger charge is 2.30. The molecular weight excluding hydrogens is 140 g/mol. The first-order valence-electron chi connectivity index (χ1n) is 3.91. The van der Waals surface area contributed by atoms with Crippen LogP contribution in [0.2, 0.25) is 0 Å². The van der Waals surface area contributed by atoms with Crippen LogP contribution in [0.3, 0.4) is 0 Å². The van der Waals surface area contributed by atoms with E-state index in [1.807, 2.05) is 6.92 Å². The number of H-pyrrole nitrogens is 1. The fourth-order valence-electron chi connectivity index (χ4n) is 1.42. The van der Waals surface area contributed by atoms with Crippen molar-refractivity contribution in [2.45, 2.75) is 25.7 Å². The van der Waals surface area contributed by atoms with Crippen LogP contribution in [0.1, 0.15) is 30.0 Å². The quantitative estimate of drug-likeness (QED) is 0.699. The van der Waals surface area contributed by atoms with E-state index in [-0.39, 0.29) is 0 Å². The van der Waals surface area contributed by atoms with Crippen LogP contribution in [-0.4, -0.2) is 17.3 Å². The van der Waals surface area contributed by atoms with Gasteiger partial charge in [-0.05, 0) is 25.7 Å². The second kappa shape index (κ2) is 2.26. The molecule has 1 saturated carbocycles. The second-order valence-corrected chi connectivity index (χ2v) is 3.05. The maximum Gasteiger partial charge on any atom is 0.236 e. The third-order valence-electron chi connectivity index (χ3n) is 2.14. The van der Waals surface area contributed by atoms with Crippen molar-refractivity contribution in [3.05, 3.63) is 11.3 Å². The number of hydrogen-bond donors (Lipinski definition) is 1. The molecule has 60 valence electrons. The predicted octanol–water partition coefficient (Wildman–Crippen LogP) is 1.60. The molecule has 0 saturated heterocycles. The van der Waals surface area contributed by atoms with Crippen molar-refractivity contribution in [1.82, 2.24) is 10.2 Å². The highest BCUT2D eigenvalue weighted by Crippen LogP contribution is 2.44. The van der Waals surface area contributed by atoms with Crippen molar-refractivity contribution < 1.29 is 4.74 Å². The van der Waals surface area contributed by atoms with Gasteiger partial charge in [-0.3, -0.25) is 5.10 Å². The van der Waals surface area contributed by atoms with Gasteiger partial charge in [-0.2, -0.15) is 0 Å². The molecular formula is C8H12N2O. The molecule has 0 atom stereocenters. The van der Waals surface area contributed by atoms with E-state index in [0.29, 0.717) is 5.92 Å². The molecule has 0 amide bonds. The van der Waals surface area contributed by atoms with E-state index in [2.05, 4.69) is 10.2 Å². The Bertz CT molecular complexity index is 263. The summed E-state index contributed by atoms with van der Waals surface area (Å²) in [4.78, 5) is 0. The van der Waals surface area contributed by atoms with Crippen LogP contribution in [0, 0.1) is 6.92 Å². The molecule has 1 aliphatic carbocycles. The first kappa shape index (κ1) is 6.70. The molecule has 0 spiro atoms. The van der Waals surface area contributed by atoms with Gasteiger partial charge in [-0.15, -0.1) is 5.10 Å². The molecule has 1 aliphatic rings. The molecule has 3 heteroatoms. The lowest BCUT2D eigenvalue weighted by Crippen LogP contribution is -1.87. The summed E-state index contributed by atoms with van der Waals surface area (Å²) in [5.41, 5.74) is 2.44. The number of aromatic nitrogens is 2. The van der Waals surface area contributed by atoms with E-state index in [4.69, 9.17) is 4.74 Å². The number of aryl methyl sites for hydroxylation is 1. The fraction of sp³-hybridized carbons (Fsp3) is 0.625. The Balaban J connectivity index is 2.38. The predicted molar refractivity (Wildman–Crippen MR) is 41.9 cm³/mol. The lowest BCUT2D eigenvalue weighted by Gasteiger charge is -1.97. The molecule has 1 heterocycles. The summed E-state index contributed by atoms with van der Waals surface area (Å²) in [5, 5.41) is 6.98. The minimum atomic E-state index is 0.712. The zero-order valence-corrected chi connectivity index (χ0v) is 6.85. The van der Waals surface area contributed by atoms with Gasteiger partial charge in [0, 0.05) is 11.3 Å². The van der Waals surface area contributed by atoms with Crippen molar-refractivity contribution in [3.8, 4) is 5.88 Å². The zero-order chi connectivity index (χ0) is 7.84. The molecule has 1 N–H and O–H groups in total. The average molecular weight is 152 g/mol.